The third kappa shape index (κ3) is 4.90. The van der Waals surface area contributed by atoms with E-state index in [9.17, 15) is 23.2 Å². The van der Waals surface area contributed by atoms with Gasteiger partial charge in [-0.2, -0.15) is 0 Å². The van der Waals surface area contributed by atoms with Crippen LogP contribution in [0.2, 0.25) is 0 Å². The molecule has 1 atom stereocenters. The number of halogens is 2. The van der Waals surface area contributed by atoms with E-state index in [4.69, 9.17) is 0 Å². The molecule has 1 heterocycles. The summed E-state index contributed by atoms with van der Waals surface area (Å²) in [6.07, 6.45) is -0.315. The molecule has 3 aromatic rings. The van der Waals surface area contributed by atoms with E-state index in [2.05, 4.69) is 5.32 Å². The molecule has 1 aliphatic rings. The lowest BCUT2D eigenvalue weighted by Gasteiger charge is -2.21. The zero-order valence-electron chi connectivity index (χ0n) is 17.8. The number of rotatable bonds is 6. The van der Waals surface area contributed by atoms with Crippen molar-refractivity contribution in [3.05, 3.63) is 95.6 Å². The van der Waals surface area contributed by atoms with E-state index in [0.717, 1.165) is 16.5 Å². The van der Waals surface area contributed by atoms with Crippen LogP contribution in [0.1, 0.15) is 17.5 Å². The Morgan fingerprint density at radius 2 is 1.67 bits per heavy atom. The second-order valence-electron chi connectivity index (χ2n) is 7.83. The number of carbonyl (C=O) groups excluding carboxylic acids is 3. The molecular weight excluding hydrogens is 428 g/mol. The van der Waals surface area contributed by atoms with Crippen LogP contribution >= 0.6 is 0 Å². The zero-order chi connectivity index (χ0) is 23.5. The predicted octanol–water partition coefficient (Wildman–Crippen LogP) is 4.64. The summed E-state index contributed by atoms with van der Waals surface area (Å²) in [6, 6.07) is 16.3. The summed E-state index contributed by atoms with van der Waals surface area (Å²) in [5.74, 6) is -2.01. The number of aryl methyl sites for hydroxylation is 1. The molecule has 0 spiro atoms. The average molecular weight is 449 g/mol. The number of urea groups is 1. The number of nitrogens with zero attached hydrogens (tertiary/aromatic N) is 2. The lowest BCUT2D eigenvalue weighted by molar-refractivity contribution is -0.124. The Hall–Kier alpha value is -4.07. The molecule has 0 unspecified atom stereocenters. The summed E-state index contributed by atoms with van der Waals surface area (Å²) in [6.45, 7) is 1.86. The third-order valence-corrected chi connectivity index (χ3v) is 5.33. The lowest BCUT2D eigenvalue weighted by atomic mass is 10.1. The van der Waals surface area contributed by atoms with Gasteiger partial charge >= 0.3 is 6.03 Å². The van der Waals surface area contributed by atoms with E-state index in [1.54, 1.807) is 18.2 Å². The van der Waals surface area contributed by atoms with E-state index < -0.39 is 35.5 Å². The molecule has 4 amide bonds. The molecular formula is C25H21F2N3O3. The van der Waals surface area contributed by atoms with Crippen LogP contribution < -0.4 is 10.2 Å². The summed E-state index contributed by atoms with van der Waals surface area (Å²) in [7, 11) is 0. The fraction of sp³-hybridized carbons (Fsp3) is 0.160. The molecule has 6 nitrogen and oxygen atoms in total. The van der Waals surface area contributed by atoms with Crippen molar-refractivity contribution in [1.29, 1.82) is 0 Å². The van der Waals surface area contributed by atoms with Crippen molar-refractivity contribution >= 4 is 29.2 Å². The quantitative estimate of drug-likeness (QED) is 0.558. The van der Waals surface area contributed by atoms with Gasteiger partial charge < -0.3 is 10.2 Å². The number of nitrogens with one attached hydrogen (secondary N) is 1. The summed E-state index contributed by atoms with van der Waals surface area (Å²) in [5.41, 5.74) is 2.13. The minimum absolute atomic E-state index is 0.0189. The zero-order valence-corrected chi connectivity index (χ0v) is 17.8. The van der Waals surface area contributed by atoms with Crippen LogP contribution in [0, 0.1) is 18.6 Å². The highest BCUT2D eigenvalue weighted by atomic mass is 19.1. The molecule has 0 bridgehead atoms. The van der Waals surface area contributed by atoms with Gasteiger partial charge in [0, 0.05) is 12.2 Å². The highest BCUT2D eigenvalue weighted by Gasteiger charge is 2.46. The molecule has 168 valence electrons. The second-order valence-corrected chi connectivity index (χ2v) is 7.83. The molecule has 0 radical (unpaired) electrons. The predicted molar refractivity (Wildman–Crippen MR) is 119 cm³/mol. The van der Waals surface area contributed by atoms with E-state index in [-0.39, 0.29) is 18.7 Å². The van der Waals surface area contributed by atoms with Crippen molar-refractivity contribution in [3.8, 4) is 0 Å². The largest absolute Gasteiger partial charge is 0.332 e. The molecule has 0 aliphatic carbocycles. The fourth-order valence-electron chi connectivity index (χ4n) is 3.76. The molecule has 33 heavy (non-hydrogen) atoms. The monoisotopic (exact) mass is 449 g/mol. The van der Waals surface area contributed by atoms with Gasteiger partial charge in [0.25, 0.3) is 5.91 Å². The number of imide groups is 1. The van der Waals surface area contributed by atoms with Gasteiger partial charge in [0.1, 0.15) is 17.7 Å². The molecule has 0 aromatic heterocycles. The first kappa shape index (κ1) is 22.1. The molecule has 1 aliphatic heterocycles. The van der Waals surface area contributed by atoms with Crippen LogP contribution in [0.5, 0.6) is 0 Å². The van der Waals surface area contributed by atoms with Crippen LogP contribution in [0.25, 0.3) is 0 Å². The number of amides is 4. The molecule has 0 saturated carbocycles. The van der Waals surface area contributed by atoms with Gasteiger partial charge in [-0.15, -0.1) is 0 Å². The maximum absolute atomic E-state index is 13.4. The fourth-order valence-corrected chi connectivity index (χ4v) is 3.76. The van der Waals surface area contributed by atoms with Crippen LogP contribution in [-0.4, -0.2) is 28.8 Å². The standard InChI is InChI=1S/C25H21F2N3O3/c1-16-4-2-7-21(12-16)30-24(32)22(14-23(31)28-20-6-3-5-19(27)13-20)29(25(30)33)15-17-8-10-18(26)11-9-17/h2-13,22H,14-15H2,1H3,(H,28,31)/t22-/m0/s1. The van der Waals surface area contributed by atoms with Crippen LogP contribution in [0.3, 0.4) is 0 Å². The second kappa shape index (κ2) is 9.20. The van der Waals surface area contributed by atoms with Gasteiger partial charge in [0.15, 0.2) is 0 Å². The Kier molecular flexibility index (Phi) is 6.17. The molecule has 1 saturated heterocycles. The van der Waals surface area contributed by atoms with E-state index in [0.29, 0.717) is 11.3 Å². The van der Waals surface area contributed by atoms with Crippen molar-refractivity contribution in [2.45, 2.75) is 25.9 Å². The SMILES string of the molecule is Cc1cccc(N2C(=O)[C@H](CC(=O)Nc3cccc(F)c3)N(Cc3ccc(F)cc3)C2=O)c1. The van der Waals surface area contributed by atoms with Crippen molar-refractivity contribution in [3.63, 3.8) is 0 Å². The Morgan fingerprint density at radius 1 is 0.939 bits per heavy atom. The molecule has 1 fully saturated rings. The van der Waals surface area contributed by atoms with Gasteiger partial charge in [-0.3, -0.25) is 9.59 Å². The summed E-state index contributed by atoms with van der Waals surface area (Å²) in [5, 5.41) is 2.56. The third-order valence-electron chi connectivity index (χ3n) is 5.33. The number of carbonyl (C=O) groups is 3. The van der Waals surface area contributed by atoms with Crippen molar-refractivity contribution in [2.24, 2.45) is 0 Å². The Labute approximate surface area is 189 Å². The first-order valence-electron chi connectivity index (χ1n) is 10.3. The highest BCUT2D eigenvalue weighted by molar-refractivity contribution is 6.22. The summed E-state index contributed by atoms with van der Waals surface area (Å²) < 4.78 is 26.8. The van der Waals surface area contributed by atoms with Gasteiger partial charge in [-0.25, -0.2) is 18.5 Å². The van der Waals surface area contributed by atoms with E-state index in [1.807, 2.05) is 13.0 Å². The molecule has 1 N–H and O–H groups in total. The number of anilines is 2. The minimum Gasteiger partial charge on any atom is -0.326 e. The van der Waals surface area contributed by atoms with Crippen molar-refractivity contribution in [2.75, 3.05) is 10.2 Å². The van der Waals surface area contributed by atoms with Crippen LogP contribution in [-0.2, 0) is 16.1 Å². The van der Waals surface area contributed by atoms with Gasteiger partial charge in [0.05, 0.1) is 12.1 Å². The molecule has 3 aromatic carbocycles. The van der Waals surface area contributed by atoms with Crippen LogP contribution in [0.15, 0.2) is 72.8 Å². The Morgan fingerprint density at radius 3 is 2.36 bits per heavy atom. The maximum Gasteiger partial charge on any atom is 0.332 e. The first-order valence-corrected chi connectivity index (χ1v) is 10.3. The summed E-state index contributed by atoms with van der Waals surface area (Å²) >= 11 is 0. The Balaban J connectivity index is 1.61. The molecule has 8 heteroatoms. The van der Waals surface area contributed by atoms with Crippen LogP contribution in [0.4, 0.5) is 25.0 Å². The average Bonchev–Trinajstić information content (AvgIpc) is 2.99. The van der Waals surface area contributed by atoms with E-state index >= 15 is 0 Å². The summed E-state index contributed by atoms with van der Waals surface area (Å²) in [4.78, 5) is 41.6. The number of hydrogen-bond donors (Lipinski definition) is 1. The lowest BCUT2D eigenvalue weighted by Crippen LogP contribution is -2.37. The Bertz CT molecular complexity index is 1210. The van der Waals surface area contributed by atoms with Gasteiger partial charge in [-0.1, -0.05) is 30.3 Å². The smallest absolute Gasteiger partial charge is 0.326 e. The first-order chi connectivity index (χ1) is 15.8. The maximum atomic E-state index is 13.4. The van der Waals surface area contributed by atoms with Crippen molar-refractivity contribution < 1.29 is 23.2 Å². The molecule has 4 rings (SSSR count). The topological polar surface area (TPSA) is 69.7 Å². The number of benzene rings is 3. The number of hydrogen-bond acceptors (Lipinski definition) is 3. The highest BCUT2D eigenvalue weighted by Crippen LogP contribution is 2.29. The van der Waals surface area contributed by atoms with Crippen molar-refractivity contribution in [1.82, 2.24) is 4.90 Å². The van der Waals surface area contributed by atoms with E-state index in [1.165, 1.54) is 47.4 Å². The minimum atomic E-state index is -1.07. The van der Waals surface area contributed by atoms with Gasteiger partial charge in [0.2, 0.25) is 5.91 Å². The normalized spacial score (nSPS) is 15.8. The van der Waals surface area contributed by atoms with Gasteiger partial charge in [-0.05, 0) is 60.5 Å².